The minimum atomic E-state index is -0.0885. The maximum Gasteiger partial charge on any atom is 0.193 e. The van der Waals surface area contributed by atoms with Gasteiger partial charge in [0.1, 0.15) is 0 Å². The fourth-order valence-electron chi connectivity index (χ4n) is 1.93. The van der Waals surface area contributed by atoms with Crippen LogP contribution < -0.4 is 0 Å². The zero-order valence-corrected chi connectivity index (χ0v) is 10.6. The molecule has 0 saturated heterocycles. The molecule has 0 amide bonds. The van der Waals surface area contributed by atoms with Crippen LogP contribution >= 0.6 is 0 Å². The summed E-state index contributed by atoms with van der Waals surface area (Å²) >= 11 is 0. The van der Waals surface area contributed by atoms with E-state index in [-0.39, 0.29) is 11.6 Å². The first-order chi connectivity index (χ1) is 8.59. The maximum atomic E-state index is 12.2. The Bertz CT molecular complexity index is 548. The standard InChI is InChI=1S/C16H16O2/c1-11(2)6-5-7-12-10-15(17)13-8-3-4-9-14(13)16(12)18/h3-5,7-11H,6H2,1-2H3. The van der Waals surface area contributed by atoms with Crippen molar-refractivity contribution in [2.24, 2.45) is 5.92 Å². The number of carbonyl (C=O) groups excluding carboxylic acids is 2. The summed E-state index contributed by atoms with van der Waals surface area (Å²) in [5.41, 5.74) is 1.50. The molecule has 0 bridgehead atoms. The number of ketones is 2. The first-order valence-corrected chi connectivity index (χ1v) is 6.16. The number of allylic oxidation sites excluding steroid dienone is 4. The van der Waals surface area contributed by atoms with Crippen LogP contribution in [0.1, 0.15) is 41.0 Å². The average molecular weight is 240 g/mol. The Morgan fingerprint density at radius 3 is 2.44 bits per heavy atom. The second-order valence-electron chi connectivity index (χ2n) is 4.87. The van der Waals surface area contributed by atoms with E-state index in [1.807, 2.05) is 6.08 Å². The number of fused-ring (bicyclic) bond motifs is 1. The minimum Gasteiger partial charge on any atom is -0.289 e. The van der Waals surface area contributed by atoms with Gasteiger partial charge in [-0.3, -0.25) is 9.59 Å². The van der Waals surface area contributed by atoms with E-state index in [4.69, 9.17) is 0 Å². The molecule has 1 aliphatic rings. The van der Waals surface area contributed by atoms with Gasteiger partial charge in [-0.15, -0.1) is 0 Å². The van der Waals surface area contributed by atoms with E-state index in [0.29, 0.717) is 22.6 Å². The largest absolute Gasteiger partial charge is 0.289 e. The van der Waals surface area contributed by atoms with Crippen LogP contribution in [0.25, 0.3) is 0 Å². The highest BCUT2D eigenvalue weighted by atomic mass is 16.1. The number of rotatable bonds is 3. The van der Waals surface area contributed by atoms with Crippen LogP contribution in [0, 0.1) is 5.92 Å². The van der Waals surface area contributed by atoms with Crippen molar-refractivity contribution in [3.63, 3.8) is 0 Å². The van der Waals surface area contributed by atoms with Crippen molar-refractivity contribution in [3.05, 3.63) is 59.2 Å². The zero-order chi connectivity index (χ0) is 13.1. The molecular weight excluding hydrogens is 224 g/mol. The molecule has 18 heavy (non-hydrogen) atoms. The molecule has 92 valence electrons. The summed E-state index contributed by atoms with van der Waals surface area (Å²) in [7, 11) is 0. The summed E-state index contributed by atoms with van der Waals surface area (Å²) < 4.78 is 0. The number of benzene rings is 1. The van der Waals surface area contributed by atoms with Crippen LogP contribution in [0.15, 0.2) is 48.1 Å². The normalized spacial score (nSPS) is 15.2. The third-order valence-corrected chi connectivity index (χ3v) is 2.89. The van der Waals surface area contributed by atoms with Gasteiger partial charge in [-0.05, 0) is 18.4 Å². The van der Waals surface area contributed by atoms with Gasteiger partial charge in [-0.2, -0.15) is 0 Å². The Morgan fingerprint density at radius 1 is 1.11 bits per heavy atom. The maximum absolute atomic E-state index is 12.2. The highest BCUT2D eigenvalue weighted by molar-refractivity contribution is 6.25. The molecule has 2 rings (SSSR count). The highest BCUT2D eigenvalue weighted by Crippen LogP contribution is 2.22. The van der Waals surface area contributed by atoms with Crippen molar-refractivity contribution in [1.82, 2.24) is 0 Å². The first kappa shape index (κ1) is 12.5. The highest BCUT2D eigenvalue weighted by Gasteiger charge is 2.23. The SMILES string of the molecule is CC(C)CC=CC1=CC(=O)c2ccccc2C1=O. The molecule has 0 unspecified atom stereocenters. The first-order valence-electron chi connectivity index (χ1n) is 6.16. The molecule has 0 aromatic heterocycles. The van der Waals surface area contributed by atoms with Crippen molar-refractivity contribution in [3.8, 4) is 0 Å². The van der Waals surface area contributed by atoms with Gasteiger partial charge in [0.15, 0.2) is 11.6 Å². The number of hydrogen-bond acceptors (Lipinski definition) is 2. The summed E-state index contributed by atoms with van der Waals surface area (Å²) in [5, 5.41) is 0. The molecule has 1 aromatic carbocycles. The van der Waals surface area contributed by atoms with Crippen molar-refractivity contribution in [2.45, 2.75) is 20.3 Å². The fourth-order valence-corrected chi connectivity index (χ4v) is 1.93. The Hall–Kier alpha value is -1.96. The van der Waals surface area contributed by atoms with E-state index in [1.165, 1.54) is 6.08 Å². The number of Topliss-reactive ketones (excluding diaryl/α,β-unsaturated/α-hetero) is 1. The second kappa shape index (κ2) is 5.13. The van der Waals surface area contributed by atoms with Gasteiger partial charge in [0.2, 0.25) is 0 Å². The lowest BCUT2D eigenvalue weighted by atomic mass is 9.89. The molecule has 2 nitrogen and oxygen atoms in total. The summed E-state index contributed by atoms with van der Waals surface area (Å²) in [6.45, 7) is 4.23. The summed E-state index contributed by atoms with van der Waals surface area (Å²) in [6, 6.07) is 6.96. The van der Waals surface area contributed by atoms with Crippen LogP contribution in [0.4, 0.5) is 0 Å². The quantitative estimate of drug-likeness (QED) is 0.809. The number of hydrogen-bond donors (Lipinski definition) is 0. The van der Waals surface area contributed by atoms with Crippen LogP contribution in [0.5, 0.6) is 0 Å². The molecule has 0 spiro atoms. The lowest BCUT2D eigenvalue weighted by Crippen LogP contribution is -2.15. The van der Waals surface area contributed by atoms with Gasteiger partial charge in [0, 0.05) is 16.7 Å². The van der Waals surface area contributed by atoms with E-state index in [1.54, 1.807) is 30.3 Å². The van der Waals surface area contributed by atoms with E-state index in [2.05, 4.69) is 13.8 Å². The van der Waals surface area contributed by atoms with Crippen LogP contribution in [-0.4, -0.2) is 11.6 Å². The Morgan fingerprint density at radius 2 is 1.78 bits per heavy atom. The molecule has 0 saturated carbocycles. The predicted octanol–water partition coefficient (Wildman–Crippen LogP) is 3.59. The molecule has 1 aromatic rings. The smallest absolute Gasteiger partial charge is 0.193 e. The average Bonchev–Trinajstić information content (AvgIpc) is 2.35. The van der Waals surface area contributed by atoms with Crippen LogP contribution in [0.2, 0.25) is 0 Å². The third-order valence-electron chi connectivity index (χ3n) is 2.89. The monoisotopic (exact) mass is 240 g/mol. The Balaban J connectivity index is 2.29. The van der Waals surface area contributed by atoms with Crippen molar-refractivity contribution >= 4 is 11.6 Å². The van der Waals surface area contributed by atoms with Gasteiger partial charge >= 0.3 is 0 Å². The van der Waals surface area contributed by atoms with Crippen LogP contribution in [-0.2, 0) is 0 Å². The van der Waals surface area contributed by atoms with Gasteiger partial charge < -0.3 is 0 Å². The predicted molar refractivity (Wildman–Crippen MR) is 71.8 cm³/mol. The van der Waals surface area contributed by atoms with Gasteiger partial charge in [-0.25, -0.2) is 0 Å². The van der Waals surface area contributed by atoms with Gasteiger partial charge in [-0.1, -0.05) is 50.3 Å². The lowest BCUT2D eigenvalue weighted by Gasteiger charge is -2.12. The molecular formula is C16H16O2. The topological polar surface area (TPSA) is 34.1 Å². The fraction of sp³-hybridized carbons (Fsp3) is 0.250. The van der Waals surface area contributed by atoms with E-state index in [9.17, 15) is 9.59 Å². The molecule has 0 heterocycles. The van der Waals surface area contributed by atoms with E-state index >= 15 is 0 Å². The molecule has 0 atom stereocenters. The van der Waals surface area contributed by atoms with Gasteiger partial charge in [0.25, 0.3) is 0 Å². The summed E-state index contributed by atoms with van der Waals surface area (Å²) in [4.78, 5) is 24.0. The molecule has 2 heteroatoms. The Labute approximate surface area is 107 Å². The van der Waals surface area contributed by atoms with Crippen LogP contribution in [0.3, 0.4) is 0 Å². The molecule has 0 N–H and O–H groups in total. The summed E-state index contributed by atoms with van der Waals surface area (Å²) in [6.07, 6.45) is 6.05. The van der Waals surface area contributed by atoms with Gasteiger partial charge in [0.05, 0.1) is 0 Å². The Kier molecular flexibility index (Phi) is 3.56. The lowest BCUT2D eigenvalue weighted by molar-refractivity contribution is 0.0987. The molecule has 0 aliphatic heterocycles. The third kappa shape index (κ3) is 2.48. The second-order valence-corrected chi connectivity index (χ2v) is 4.87. The van der Waals surface area contributed by atoms with Crippen molar-refractivity contribution in [1.29, 1.82) is 0 Å². The van der Waals surface area contributed by atoms with E-state index in [0.717, 1.165) is 6.42 Å². The number of carbonyl (C=O) groups is 2. The van der Waals surface area contributed by atoms with Crippen molar-refractivity contribution in [2.75, 3.05) is 0 Å². The van der Waals surface area contributed by atoms with Crippen molar-refractivity contribution < 1.29 is 9.59 Å². The minimum absolute atomic E-state index is 0.0646. The molecule has 0 fully saturated rings. The van der Waals surface area contributed by atoms with E-state index < -0.39 is 0 Å². The summed E-state index contributed by atoms with van der Waals surface area (Å²) in [5.74, 6) is 0.392. The molecule has 1 aliphatic carbocycles. The zero-order valence-electron chi connectivity index (χ0n) is 10.6. The molecule has 0 radical (unpaired) electrons.